The molecular weight excluding hydrogens is 366 g/mol. The van der Waals surface area contributed by atoms with Gasteiger partial charge in [0.2, 0.25) is 0 Å². The molecule has 6 heteroatoms. The van der Waals surface area contributed by atoms with E-state index in [0.717, 1.165) is 36.8 Å². The fraction of sp³-hybridized carbons (Fsp3) is 0.261. The van der Waals surface area contributed by atoms with E-state index < -0.39 is 11.5 Å². The third-order valence-electron chi connectivity index (χ3n) is 4.69. The molecule has 0 aliphatic carbocycles. The van der Waals surface area contributed by atoms with Crippen LogP contribution in [-0.2, 0) is 0 Å². The van der Waals surface area contributed by atoms with Gasteiger partial charge in [-0.2, -0.15) is 5.10 Å². The van der Waals surface area contributed by atoms with Crippen LogP contribution in [0, 0.1) is 0 Å². The Morgan fingerprint density at radius 1 is 0.897 bits per heavy atom. The van der Waals surface area contributed by atoms with Gasteiger partial charge in [-0.05, 0) is 18.4 Å². The molecule has 0 radical (unpaired) electrons. The van der Waals surface area contributed by atoms with Gasteiger partial charge in [-0.25, -0.2) is 5.10 Å². The minimum atomic E-state index is -0.513. The van der Waals surface area contributed by atoms with Crippen LogP contribution in [0.25, 0.3) is 22.4 Å². The summed E-state index contributed by atoms with van der Waals surface area (Å²) in [5, 5.41) is 18.4. The maximum atomic E-state index is 12.9. The van der Waals surface area contributed by atoms with E-state index in [-0.39, 0.29) is 12.2 Å². The Labute approximate surface area is 169 Å². The lowest BCUT2D eigenvalue weighted by molar-refractivity contribution is 0.0951. The molecule has 3 rings (SSSR count). The van der Waals surface area contributed by atoms with Crippen molar-refractivity contribution in [2.75, 3.05) is 13.2 Å². The number of amides is 1. The molecule has 0 aliphatic heterocycles. The number of benzene rings is 2. The van der Waals surface area contributed by atoms with Gasteiger partial charge < -0.3 is 10.4 Å². The van der Waals surface area contributed by atoms with Crippen LogP contribution in [0.15, 0.2) is 65.5 Å². The summed E-state index contributed by atoms with van der Waals surface area (Å²) < 4.78 is 0. The SMILES string of the molecule is O=C(NCCCCCCO)c1c(-c2ccccc2)c(-c2ccccc2)n[nH]c1=O. The summed E-state index contributed by atoms with van der Waals surface area (Å²) in [4.78, 5) is 25.5. The third kappa shape index (κ3) is 5.18. The zero-order chi connectivity index (χ0) is 20.5. The topological polar surface area (TPSA) is 95.1 Å². The fourth-order valence-electron chi connectivity index (χ4n) is 3.24. The van der Waals surface area contributed by atoms with Crippen LogP contribution in [0.1, 0.15) is 36.0 Å². The van der Waals surface area contributed by atoms with Crippen molar-refractivity contribution in [3.05, 3.63) is 76.6 Å². The van der Waals surface area contributed by atoms with Crippen LogP contribution >= 0.6 is 0 Å². The van der Waals surface area contributed by atoms with Gasteiger partial charge in [0.1, 0.15) is 5.56 Å². The van der Waals surface area contributed by atoms with E-state index in [2.05, 4.69) is 15.5 Å². The predicted molar refractivity (Wildman–Crippen MR) is 114 cm³/mol. The largest absolute Gasteiger partial charge is 0.396 e. The van der Waals surface area contributed by atoms with Crippen molar-refractivity contribution in [1.29, 1.82) is 0 Å². The molecule has 0 fully saturated rings. The van der Waals surface area contributed by atoms with Crippen LogP contribution in [0.3, 0.4) is 0 Å². The lowest BCUT2D eigenvalue weighted by Crippen LogP contribution is -2.32. The first kappa shape index (κ1) is 20.5. The molecule has 2 aromatic carbocycles. The van der Waals surface area contributed by atoms with E-state index in [1.807, 2.05) is 60.7 Å². The number of nitrogens with one attached hydrogen (secondary N) is 2. The first-order valence-electron chi connectivity index (χ1n) is 9.85. The second kappa shape index (κ2) is 10.3. The highest BCUT2D eigenvalue weighted by Gasteiger charge is 2.22. The number of H-pyrrole nitrogens is 1. The van der Waals surface area contributed by atoms with Crippen LogP contribution < -0.4 is 10.9 Å². The molecule has 0 aliphatic rings. The maximum Gasteiger partial charge on any atom is 0.277 e. The number of aromatic amines is 1. The Morgan fingerprint density at radius 2 is 1.52 bits per heavy atom. The van der Waals surface area contributed by atoms with Crippen LogP contribution in [-0.4, -0.2) is 34.4 Å². The molecule has 0 bridgehead atoms. The van der Waals surface area contributed by atoms with Gasteiger partial charge in [0, 0.05) is 24.3 Å². The molecule has 0 spiro atoms. The Bertz CT molecular complexity index is 985. The average molecular weight is 391 g/mol. The summed E-state index contributed by atoms with van der Waals surface area (Å²) >= 11 is 0. The second-order valence-electron chi connectivity index (χ2n) is 6.78. The molecular formula is C23H25N3O3. The Hall–Kier alpha value is -3.25. The van der Waals surface area contributed by atoms with Crippen LogP contribution in [0.5, 0.6) is 0 Å². The molecule has 29 heavy (non-hydrogen) atoms. The average Bonchev–Trinajstić information content (AvgIpc) is 2.77. The molecule has 3 N–H and O–H groups in total. The van der Waals surface area contributed by atoms with E-state index >= 15 is 0 Å². The molecule has 1 heterocycles. The highest BCUT2D eigenvalue weighted by Crippen LogP contribution is 2.31. The highest BCUT2D eigenvalue weighted by molar-refractivity contribution is 6.03. The van der Waals surface area contributed by atoms with Crippen molar-refractivity contribution in [3.63, 3.8) is 0 Å². The van der Waals surface area contributed by atoms with E-state index in [4.69, 9.17) is 5.11 Å². The fourth-order valence-corrected chi connectivity index (χ4v) is 3.24. The molecule has 1 amide bonds. The minimum Gasteiger partial charge on any atom is -0.396 e. The van der Waals surface area contributed by atoms with Crippen molar-refractivity contribution in [2.24, 2.45) is 0 Å². The van der Waals surface area contributed by atoms with E-state index in [0.29, 0.717) is 17.8 Å². The number of carbonyl (C=O) groups is 1. The van der Waals surface area contributed by atoms with Gasteiger partial charge in [0.15, 0.2) is 0 Å². The number of aromatic nitrogens is 2. The molecule has 3 aromatic rings. The van der Waals surface area contributed by atoms with Crippen molar-refractivity contribution >= 4 is 5.91 Å². The Kier molecular flexibility index (Phi) is 7.30. The Balaban J connectivity index is 1.96. The minimum absolute atomic E-state index is 0.0698. The standard InChI is InChI=1S/C23H25N3O3/c27-16-10-2-1-9-15-24-22(28)20-19(17-11-5-3-6-12-17)21(25-26-23(20)29)18-13-7-4-8-14-18/h3-8,11-14,27H,1-2,9-10,15-16H2,(H,24,28)(H,26,29). The van der Waals surface area contributed by atoms with E-state index in [9.17, 15) is 9.59 Å². The van der Waals surface area contributed by atoms with Crippen molar-refractivity contribution < 1.29 is 9.90 Å². The van der Waals surface area contributed by atoms with Gasteiger partial charge in [0.25, 0.3) is 11.5 Å². The summed E-state index contributed by atoms with van der Waals surface area (Å²) in [6, 6.07) is 18.9. The summed E-state index contributed by atoms with van der Waals surface area (Å²) in [5.74, 6) is -0.410. The number of rotatable bonds is 9. The van der Waals surface area contributed by atoms with Crippen LogP contribution in [0.2, 0.25) is 0 Å². The number of hydrogen-bond donors (Lipinski definition) is 3. The molecule has 6 nitrogen and oxygen atoms in total. The normalized spacial score (nSPS) is 10.7. The van der Waals surface area contributed by atoms with Gasteiger partial charge in [-0.15, -0.1) is 0 Å². The zero-order valence-corrected chi connectivity index (χ0v) is 16.2. The van der Waals surface area contributed by atoms with Gasteiger partial charge in [0.05, 0.1) is 5.69 Å². The predicted octanol–water partition coefficient (Wildman–Crippen LogP) is 3.39. The number of hydrogen-bond acceptors (Lipinski definition) is 4. The molecule has 0 saturated heterocycles. The monoisotopic (exact) mass is 391 g/mol. The number of nitrogens with zero attached hydrogens (tertiary/aromatic N) is 1. The lowest BCUT2D eigenvalue weighted by Gasteiger charge is -2.14. The maximum absolute atomic E-state index is 12.9. The number of carbonyl (C=O) groups excluding carboxylic acids is 1. The van der Waals surface area contributed by atoms with E-state index in [1.165, 1.54) is 0 Å². The summed E-state index contributed by atoms with van der Waals surface area (Å²) in [6.07, 6.45) is 3.38. The van der Waals surface area contributed by atoms with Crippen molar-refractivity contribution in [3.8, 4) is 22.4 Å². The highest BCUT2D eigenvalue weighted by atomic mass is 16.3. The zero-order valence-electron chi connectivity index (χ0n) is 16.2. The third-order valence-corrected chi connectivity index (χ3v) is 4.69. The number of unbranched alkanes of at least 4 members (excludes halogenated alkanes) is 3. The molecule has 0 unspecified atom stereocenters. The van der Waals surface area contributed by atoms with Gasteiger partial charge >= 0.3 is 0 Å². The molecule has 0 atom stereocenters. The first-order valence-corrected chi connectivity index (χ1v) is 9.85. The first-order chi connectivity index (χ1) is 14.2. The van der Waals surface area contributed by atoms with E-state index in [1.54, 1.807) is 0 Å². The smallest absolute Gasteiger partial charge is 0.277 e. The van der Waals surface area contributed by atoms with Crippen molar-refractivity contribution in [2.45, 2.75) is 25.7 Å². The summed E-state index contributed by atoms with van der Waals surface area (Å²) in [6.45, 7) is 0.655. The quantitative estimate of drug-likeness (QED) is 0.487. The van der Waals surface area contributed by atoms with Gasteiger partial charge in [-0.3, -0.25) is 9.59 Å². The Morgan fingerprint density at radius 3 is 2.17 bits per heavy atom. The molecule has 1 aromatic heterocycles. The number of aliphatic hydroxyl groups excluding tert-OH is 1. The summed E-state index contributed by atoms with van der Waals surface area (Å²) in [5.41, 5.74) is 2.23. The summed E-state index contributed by atoms with van der Waals surface area (Å²) in [7, 11) is 0. The molecule has 0 saturated carbocycles. The van der Waals surface area contributed by atoms with Gasteiger partial charge in [-0.1, -0.05) is 73.5 Å². The lowest BCUT2D eigenvalue weighted by atomic mass is 9.95. The number of aliphatic hydroxyl groups is 1. The van der Waals surface area contributed by atoms with Crippen LogP contribution in [0.4, 0.5) is 0 Å². The molecule has 150 valence electrons. The van der Waals surface area contributed by atoms with Crippen molar-refractivity contribution in [1.82, 2.24) is 15.5 Å². The second-order valence-corrected chi connectivity index (χ2v) is 6.78.